The molecule has 4 heterocycles. The van der Waals surface area contributed by atoms with Crippen molar-refractivity contribution in [3.8, 4) is 0 Å². The van der Waals surface area contributed by atoms with Gasteiger partial charge in [0, 0.05) is 35.2 Å². The summed E-state index contributed by atoms with van der Waals surface area (Å²) in [6, 6.07) is 6.82. The quantitative estimate of drug-likeness (QED) is 0.691. The van der Waals surface area contributed by atoms with Crippen LogP contribution in [-0.4, -0.2) is 38.5 Å². The van der Waals surface area contributed by atoms with Gasteiger partial charge in [-0.1, -0.05) is 12.1 Å². The van der Waals surface area contributed by atoms with Crippen LogP contribution in [0.25, 0.3) is 10.8 Å². The van der Waals surface area contributed by atoms with Gasteiger partial charge in [-0.3, -0.25) is 34.3 Å². The van der Waals surface area contributed by atoms with Crippen LogP contribution >= 0.6 is 0 Å². The van der Waals surface area contributed by atoms with Gasteiger partial charge in [0.15, 0.2) is 0 Å². The van der Waals surface area contributed by atoms with E-state index in [2.05, 4.69) is 10.4 Å². The Morgan fingerprint density at radius 1 is 1.14 bits per heavy atom. The smallest absolute Gasteiger partial charge is 0.259 e. The highest BCUT2D eigenvalue weighted by Gasteiger charge is 2.50. The highest BCUT2D eigenvalue weighted by molar-refractivity contribution is 6.27. The van der Waals surface area contributed by atoms with Gasteiger partial charge >= 0.3 is 0 Å². The zero-order chi connectivity index (χ0) is 19.8. The number of aromatic nitrogens is 3. The molecule has 3 aromatic rings. The molecule has 6 rings (SSSR count). The van der Waals surface area contributed by atoms with E-state index in [1.165, 1.54) is 4.90 Å². The van der Waals surface area contributed by atoms with E-state index in [9.17, 15) is 14.4 Å². The van der Waals surface area contributed by atoms with Gasteiger partial charge in [-0.25, -0.2) is 0 Å². The number of imide groups is 1. The second-order valence-electron chi connectivity index (χ2n) is 7.84. The zero-order valence-corrected chi connectivity index (χ0v) is 15.5. The third kappa shape index (κ3) is 2.11. The maximum Gasteiger partial charge on any atom is 0.259 e. The van der Waals surface area contributed by atoms with E-state index in [0.29, 0.717) is 17.7 Å². The molecule has 1 aliphatic carbocycles. The van der Waals surface area contributed by atoms with E-state index < -0.39 is 11.9 Å². The second-order valence-corrected chi connectivity index (χ2v) is 7.84. The van der Waals surface area contributed by atoms with E-state index in [-0.39, 0.29) is 23.8 Å². The topological polar surface area (TPSA) is 97.2 Å². The van der Waals surface area contributed by atoms with Gasteiger partial charge in [0.25, 0.3) is 5.91 Å². The first-order chi connectivity index (χ1) is 14.1. The molecule has 29 heavy (non-hydrogen) atoms. The molecule has 2 aliphatic heterocycles. The predicted molar refractivity (Wildman–Crippen MR) is 103 cm³/mol. The lowest BCUT2D eigenvalue weighted by Crippen LogP contribution is -2.53. The van der Waals surface area contributed by atoms with E-state index in [1.807, 2.05) is 29.1 Å². The standard InChI is InChI=1S/C21H17N5O3/c27-16-6-5-14(19(28)24-16)26-15-11-22-18(21(7-8-21)25-10-2-9-23-25)12-3-1-4-13(17(12)15)20(26)29/h1-4,9-11,14H,5-8H2,(H,24,27,28). The van der Waals surface area contributed by atoms with Crippen molar-refractivity contribution in [1.29, 1.82) is 0 Å². The summed E-state index contributed by atoms with van der Waals surface area (Å²) in [6.45, 7) is 0. The van der Waals surface area contributed by atoms with E-state index in [4.69, 9.17) is 4.98 Å². The molecule has 0 radical (unpaired) electrons. The van der Waals surface area contributed by atoms with Crippen LogP contribution in [0.1, 0.15) is 41.7 Å². The number of hydrogen-bond donors (Lipinski definition) is 1. The number of carbonyl (C=O) groups is 3. The lowest BCUT2D eigenvalue weighted by molar-refractivity contribution is -0.134. The number of benzene rings is 1. The Balaban J connectivity index is 1.52. The molecule has 3 amide bonds. The van der Waals surface area contributed by atoms with Crippen molar-refractivity contribution < 1.29 is 14.4 Å². The lowest BCUT2D eigenvalue weighted by atomic mass is 10.00. The Morgan fingerprint density at radius 3 is 2.72 bits per heavy atom. The molecule has 2 fully saturated rings. The Labute approximate surface area is 165 Å². The minimum Gasteiger partial charge on any atom is -0.295 e. The average Bonchev–Trinajstić information content (AvgIpc) is 3.21. The van der Waals surface area contributed by atoms with Crippen molar-refractivity contribution in [2.45, 2.75) is 37.3 Å². The molecule has 0 bridgehead atoms. The highest BCUT2D eigenvalue weighted by atomic mass is 16.2. The van der Waals surface area contributed by atoms with Crippen LogP contribution in [0, 0.1) is 0 Å². The number of carbonyl (C=O) groups excluding carboxylic acids is 3. The summed E-state index contributed by atoms with van der Waals surface area (Å²) < 4.78 is 1.94. The van der Waals surface area contributed by atoms with Crippen molar-refractivity contribution in [2.24, 2.45) is 0 Å². The highest BCUT2D eigenvalue weighted by Crippen LogP contribution is 2.52. The molecule has 1 aromatic carbocycles. The third-order valence-electron chi connectivity index (χ3n) is 6.23. The van der Waals surface area contributed by atoms with Crippen LogP contribution in [0.5, 0.6) is 0 Å². The molecule has 144 valence electrons. The predicted octanol–water partition coefficient (Wildman–Crippen LogP) is 1.73. The van der Waals surface area contributed by atoms with E-state index >= 15 is 0 Å². The number of anilines is 1. The van der Waals surface area contributed by atoms with Gasteiger partial charge in [-0.15, -0.1) is 0 Å². The molecule has 1 saturated heterocycles. The third-order valence-corrected chi connectivity index (χ3v) is 6.23. The Bertz CT molecular complexity index is 1210. The molecule has 3 aliphatic rings. The summed E-state index contributed by atoms with van der Waals surface area (Å²) in [5, 5.41) is 8.51. The fraction of sp³-hybridized carbons (Fsp3) is 0.286. The van der Waals surface area contributed by atoms with Crippen LogP contribution in [0.3, 0.4) is 0 Å². The number of hydrogen-bond acceptors (Lipinski definition) is 5. The van der Waals surface area contributed by atoms with Crippen LogP contribution in [-0.2, 0) is 15.1 Å². The van der Waals surface area contributed by atoms with Crippen molar-refractivity contribution in [3.63, 3.8) is 0 Å². The fourth-order valence-corrected chi connectivity index (χ4v) is 4.71. The lowest BCUT2D eigenvalue weighted by Gasteiger charge is -2.30. The molecule has 1 N–H and O–H groups in total. The van der Waals surface area contributed by atoms with Gasteiger partial charge in [0.1, 0.15) is 11.6 Å². The molecule has 2 aromatic heterocycles. The summed E-state index contributed by atoms with van der Waals surface area (Å²) in [6.07, 6.45) is 7.79. The van der Waals surface area contributed by atoms with Crippen LogP contribution < -0.4 is 10.2 Å². The fourth-order valence-electron chi connectivity index (χ4n) is 4.71. The summed E-state index contributed by atoms with van der Waals surface area (Å²) >= 11 is 0. The SMILES string of the molecule is O=C1CCC(N2C(=O)c3cccc4c(C5(n6cccn6)CC5)ncc2c34)C(=O)N1. The summed E-state index contributed by atoms with van der Waals surface area (Å²) in [5.74, 6) is -0.957. The normalized spacial score (nSPS) is 22.3. The monoisotopic (exact) mass is 387 g/mol. The number of nitrogens with one attached hydrogen (secondary N) is 1. The molecular formula is C21H17N5O3. The first-order valence-corrected chi connectivity index (χ1v) is 9.70. The molecule has 1 saturated carbocycles. The van der Waals surface area contributed by atoms with Gasteiger partial charge < -0.3 is 0 Å². The van der Waals surface area contributed by atoms with Gasteiger partial charge in [0.2, 0.25) is 11.8 Å². The first-order valence-electron chi connectivity index (χ1n) is 9.70. The van der Waals surface area contributed by atoms with E-state index in [0.717, 1.165) is 29.3 Å². The summed E-state index contributed by atoms with van der Waals surface area (Å²) in [4.78, 5) is 43.5. The molecule has 8 nitrogen and oxygen atoms in total. The number of pyridine rings is 1. The van der Waals surface area contributed by atoms with Crippen molar-refractivity contribution in [3.05, 3.63) is 54.1 Å². The maximum atomic E-state index is 13.2. The first kappa shape index (κ1) is 16.4. The number of rotatable bonds is 3. The van der Waals surface area contributed by atoms with Gasteiger partial charge in [-0.05, 0) is 31.4 Å². The zero-order valence-electron chi connectivity index (χ0n) is 15.5. The molecule has 1 unspecified atom stereocenters. The Morgan fingerprint density at radius 2 is 2.00 bits per heavy atom. The Kier molecular flexibility index (Phi) is 3.11. The maximum absolute atomic E-state index is 13.2. The number of nitrogens with zero attached hydrogens (tertiary/aromatic N) is 4. The summed E-state index contributed by atoms with van der Waals surface area (Å²) in [5.41, 5.74) is 1.82. The molecule has 1 atom stereocenters. The van der Waals surface area contributed by atoms with Crippen molar-refractivity contribution in [1.82, 2.24) is 20.1 Å². The van der Waals surface area contributed by atoms with Crippen LogP contribution in [0.4, 0.5) is 5.69 Å². The summed E-state index contributed by atoms with van der Waals surface area (Å²) in [7, 11) is 0. The van der Waals surface area contributed by atoms with Gasteiger partial charge in [0.05, 0.1) is 17.6 Å². The molecular weight excluding hydrogens is 370 g/mol. The molecule has 0 spiro atoms. The average molecular weight is 387 g/mol. The molecule has 8 heteroatoms. The van der Waals surface area contributed by atoms with Gasteiger partial charge in [-0.2, -0.15) is 5.10 Å². The largest absolute Gasteiger partial charge is 0.295 e. The van der Waals surface area contributed by atoms with Crippen LogP contribution in [0.2, 0.25) is 0 Å². The van der Waals surface area contributed by atoms with Crippen LogP contribution in [0.15, 0.2) is 42.9 Å². The van der Waals surface area contributed by atoms with Crippen molar-refractivity contribution >= 4 is 34.2 Å². The Hall–Kier alpha value is -3.55. The van der Waals surface area contributed by atoms with Crippen molar-refractivity contribution in [2.75, 3.05) is 4.90 Å². The second kappa shape index (κ2) is 5.50. The minimum atomic E-state index is -0.704. The van der Waals surface area contributed by atoms with E-state index in [1.54, 1.807) is 18.5 Å². The minimum absolute atomic E-state index is 0.216. The number of piperidine rings is 1. The number of amides is 3.